The molecule has 0 saturated heterocycles. The minimum Gasteiger partial charge on any atom is -0.508 e. The predicted octanol–water partition coefficient (Wildman–Crippen LogP) is 3.27. The van der Waals surface area contributed by atoms with Crippen LogP contribution in [0.3, 0.4) is 0 Å². The van der Waals surface area contributed by atoms with E-state index < -0.39 is 0 Å². The van der Waals surface area contributed by atoms with Crippen molar-refractivity contribution in [1.29, 1.82) is 0 Å². The van der Waals surface area contributed by atoms with Crippen LogP contribution in [0.15, 0.2) is 48.5 Å². The Morgan fingerprint density at radius 3 is 2.06 bits per heavy atom. The van der Waals surface area contributed by atoms with Crippen LogP contribution in [0.25, 0.3) is 12.2 Å². The maximum atomic E-state index is 9.28. The lowest BCUT2D eigenvalue weighted by molar-refractivity contribution is 0.474. The molecule has 0 radical (unpaired) electrons. The zero-order chi connectivity index (χ0) is 11.4. The molecule has 0 spiro atoms. The largest absolute Gasteiger partial charge is 0.508 e. The summed E-state index contributed by atoms with van der Waals surface area (Å²) in [6, 6.07) is 14.0. The zero-order valence-electron chi connectivity index (χ0n) is 8.67. The molecule has 0 aliphatic carbocycles. The molecule has 2 heteroatoms. The summed E-state index contributed by atoms with van der Waals surface area (Å²) in [6.45, 7) is 0. The Morgan fingerprint density at radius 1 is 0.688 bits per heavy atom. The smallest absolute Gasteiger partial charge is 0.116 e. The number of phenolic OH excluding ortho intramolecular Hbond substituents is 2. The van der Waals surface area contributed by atoms with Gasteiger partial charge in [-0.25, -0.2) is 0 Å². The molecule has 2 aromatic carbocycles. The summed E-state index contributed by atoms with van der Waals surface area (Å²) in [5, 5.41) is 18.4. The molecule has 2 N–H and O–H groups in total. The summed E-state index contributed by atoms with van der Waals surface area (Å²) in [7, 11) is 0. The van der Waals surface area contributed by atoms with Gasteiger partial charge in [0.25, 0.3) is 0 Å². The third kappa shape index (κ3) is 2.64. The second-order valence-corrected chi connectivity index (χ2v) is 3.52. The summed E-state index contributed by atoms with van der Waals surface area (Å²) in [5.41, 5.74) is 1.94. The first kappa shape index (κ1) is 10.3. The maximum Gasteiger partial charge on any atom is 0.116 e. The quantitative estimate of drug-likeness (QED) is 0.750. The van der Waals surface area contributed by atoms with Crippen molar-refractivity contribution in [2.45, 2.75) is 0 Å². The second kappa shape index (κ2) is 4.53. The van der Waals surface area contributed by atoms with Crippen LogP contribution in [-0.2, 0) is 0 Å². The first-order valence-electron chi connectivity index (χ1n) is 5.00. The Balaban J connectivity index is 2.18. The van der Waals surface area contributed by atoms with E-state index in [4.69, 9.17) is 5.11 Å². The lowest BCUT2D eigenvalue weighted by Crippen LogP contribution is -1.73. The number of benzene rings is 2. The van der Waals surface area contributed by atoms with E-state index in [9.17, 15) is 5.11 Å². The summed E-state index contributed by atoms with van der Waals surface area (Å²) >= 11 is 0. The number of aromatic hydroxyl groups is 2. The zero-order valence-corrected chi connectivity index (χ0v) is 8.67. The molecule has 0 bridgehead atoms. The molecule has 0 heterocycles. The fourth-order valence-electron chi connectivity index (χ4n) is 1.41. The standard InChI is InChI=1S/C14H12O2/c15-13-8-6-11(7-9-13)4-5-12-2-1-3-14(16)10-12/h1-10,15-16H/b5-4+. The van der Waals surface area contributed by atoms with Gasteiger partial charge < -0.3 is 10.2 Å². The highest BCUT2D eigenvalue weighted by Crippen LogP contribution is 2.15. The van der Waals surface area contributed by atoms with Gasteiger partial charge in [0, 0.05) is 0 Å². The van der Waals surface area contributed by atoms with Crippen LogP contribution in [-0.4, -0.2) is 10.2 Å². The number of phenols is 2. The van der Waals surface area contributed by atoms with Crippen LogP contribution < -0.4 is 0 Å². The normalized spacial score (nSPS) is 10.8. The van der Waals surface area contributed by atoms with Gasteiger partial charge in [-0.3, -0.25) is 0 Å². The van der Waals surface area contributed by atoms with E-state index in [-0.39, 0.29) is 11.5 Å². The molecule has 0 fully saturated rings. The van der Waals surface area contributed by atoms with Crippen LogP contribution in [0.1, 0.15) is 11.1 Å². The van der Waals surface area contributed by atoms with Crippen molar-refractivity contribution >= 4 is 12.2 Å². The minimum atomic E-state index is 0.257. The summed E-state index contributed by atoms with van der Waals surface area (Å²) in [4.78, 5) is 0. The molecular weight excluding hydrogens is 200 g/mol. The lowest BCUT2D eigenvalue weighted by Gasteiger charge is -1.96. The Labute approximate surface area is 94.1 Å². The van der Waals surface area contributed by atoms with E-state index in [1.165, 1.54) is 0 Å². The number of rotatable bonds is 2. The van der Waals surface area contributed by atoms with Gasteiger partial charge in [-0.1, -0.05) is 36.4 Å². The first-order chi connectivity index (χ1) is 7.74. The van der Waals surface area contributed by atoms with Gasteiger partial charge in [0.1, 0.15) is 11.5 Å². The van der Waals surface area contributed by atoms with E-state index in [1.54, 1.807) is 30.3 Å². The van der Waals surface area contributed by atoms with E-state index in [1.807, 2.05) is 30.4 Å². The second-order valence-electron chi connectivity index (χ2n) is 3.52. The van der Waals surface area contributed by atoms with Crippen LogP contribution >= 0.6 is 0 Å². The van der Waals surface area contributed by atoms with E-state index in [2.05, 4.69) is 0 Å². The van der Waals surface area contributed by atoms with Crippen molar-refractivity contribution < 1.29 is 10.2 Å². The molecule has 0 saturated carbocycles. The van der Waals surface area contributed by atoms with Gasteiger partial charge in [-0.2, -0.15) is 0 Å². The molecule has 0 amide bonds. The van der Waals surface area contributed by atoms with Crippen molar-refractivity contribution in [3.63, 3.8) is 0 Å². The van der Waals surface area contributed by atoms with Gasteiger partial charge in [0.15, 0.2) is 0 Å². The van der Waals surface area contributed by atoms with Crippen molar-refractivity contribution in [1.82, 2.24) is 0 Å². The highest BCUT2D eigenvalue weighted by molar-refractivity contribution is 5.70. The van der Waals surface area contributed by atoms with Crippen LogP contribution in [0.2, 0.25) is 0 Å². The minimum absolute atomic E-state index is 0.257. The number of hydrogen-bond acceptors (Lipinski definition) is 2. The van der Waals surface area contributed by atoms with Crippen molar-refractivity contribution in [3.05, 3.63) is 59.7 Å². The third-order valence-electron chi connectivity index (χ3n) is 2.23. The summed E-state index contributed by atoms with van der Waals surface area (Å²) < 4.78 is 0. The molecule has 2 nitrogen and oxygen atoms in total. The Morgan fingerprint density at radius 2 is 1.38 bits per heavy atom. The maximum absolute atomic E-state index is 9.28. The molecule has 2 rings (SSSR count). The Kier molecular flexibility index (Phi) is 2.92. The monoisotopic (exact) mass is 212 g/mol. The van der Waals surface area contributed by atoms with Gasteiger partial charge >= 0.3 is 0 Å². The Bertz CT molecular complexity index is 498. The van der Waals surface area contributed by atoms with Crippen LogP contribution in [0.4, 0.5) is 0 Å². The Hall–Kier alpha value is -2.22. The van der Waals surface area contributed by atoms with E-state index in [0.717, 1.165) is 11.1 Å². The molecule has 0 aliphatic rings. The third-order valence-corrected chi connectivity index (χ3v) is 2.23. The molecule has 0 atom stereocenters. The molecule has 0 unspecified atom stereocenters. The van der Waals surface area contributed by atoms with Crippen molar-refractivity contribution in [2.24, 2.45) is 0 Å². The molecule has 2 aromatic rings. The molecule has 16 heavy (non-hydrogen) atoms. The topological polar surface area (TPSA) is 40.5 Å². The van der Waals surface area contributed by atoms with Gasteiger partial charge in [-0.15, -0.1) is 0 Å². The molecule has 0 aromatic heterocycles. The molecule has 80 valence electrons. The SMILES string of the molecule is Oc1ccc(/C=C/c2cccc(O)c2)cc1. The summed E-state index contributed by atoms with van der Waals surface area (Å²) in [5.74, 6) is 0.516. The average molecular weight is 212 g/mol. The van der Waals surface area contributed by atoms with Gasteiger partial charge in [-0.05, 0) is 35.4 Å². The lowest BCUT2D eigenvalue weighted by atomic mass is 10.1. The summed E-state index contributed by atoms with van der Waals surface area (Å²) in [6.07, 6.45) is 3.83. The highest BCUT2D eigenvalue weighted by Gasteiger charge is 1.90. The first-order valence-corrected chi connectivity index (χ1v) is 5.00. The average Bonchev–Trinajstić information content (AvgIpc) is 2.28. The van der Waals surface area contributed by atoms with Crippen LogP contribution in [0.5, 0.6) is 11.5 Å². The van der Waals surface area contributed by atoms with Gasteiger partial charge in [0.2, 0.25) is 0 Å². The highest BCUT2D eigenvalue weighted by atomic mass is 16.3. The predicted molar refractivity (Wildman–Crippen MR) is 65.1 cm³/mol. The van der Waals surface area contributed by atoms with Crippen LogP contribution in [0, 0.1) is 0 Å². The number of hydrogen-bond donors (Lipinski definition) is 2. The molecular formula is C14H12O2. The van der Waals surface area contributed by atoms with E-state index >= 15 is 0 Å². The van der Waals surface area contributed by atoms with E-state index in [0.29, 0.717) is 0 Å². The van der Waals surface area contributed by atoms with Gasteiger partial charge in [0.05, 0.1) is 0 Å². The van der Waals surface area contributed by atoms with Crippen molar-refractivity contribution in [2.75, 3.05) is 0 Å². The molecule has 0 aliphatic heterocycles. The fraction of sp³-hybridized carbons (Fsp3) is 0. The van der Waals surface area contributed by atoms with Crippen molar-refractivity contribution in [3.8, 4) is 11.5 Å². The fourth-order valence-corrected chi connectivity index (χ4v) is 1.41.